The van der Waals surface area contributed by atoms with Gasteiger partial charge in [0.2, 0.25) is 17.7 Å². The minimum atomic E-state index is -1.10. The van der Waals surface area contributed by atoms with E-state index in [0.717, 1.165) is 11.1 Å². The predicted octanol–water partition coefficient (Wildman–Crippen LogP) is 0.677. The fourth-order valence-electron chi connectivity index (χ4n) is 5.72. The lowest BCUT2D eigenvalue weighted by molar-refractivity contribution is -0.145. The molecule has 16 nitrogen and oxygen atoms in total. The van der Waals surface area contributed by atoms with Crippen LogP contribution in [0.25, 0.3) is 0 Å². The molecule has 0 radical (unpaired) electrons. The Labute approximate surface area is 295 Å². The van der Waals surface area contributed by atoms with Gasteiger partial charge >= 0.3 is 12.1 Å². The van der Waals surface area contributed by atoms with Gasteiger partial charge in [0.05, 0.1) is 13.4 Å². The number of rotatable bonds is 17. The first-order valence-electron chi connectivity index (χ1n) is 16.7. The number of guanidine groups is 1. The highest BCUT2D eigenvalue weighted by Gasteiger charge is 2.39. The number of aromatic nitrogens is 2. The van der Waals surface area contributed by atoms with Crippen LogP contribution in [0.4, 0.5) is 4.79 Å². The molecule has 1 aliphatic rings. The Morgan fingerprint density at radius 3 is 2.29 bits per heavy atom. The van der Waals surface area contributed by atoms with Crippen LogP contribution in [0.15, 0.2) is 78.2 Å². The number of hydrogen-bond acceptors (Lipinski definition) is 9. The molecule has 51 heavy (non-hydrogen) atoms. The Hall–Kier alpha value is -5.93. The van der Waals surface area contributed by atoms with Gasteiger partial charge < -0.3 is 46.8 Å². The number of aromatic amines is 1. The second kappa shape index (κ2) is 19.3. The molecule has 1 aliphatic heterocycles. The fraction of sp³-hybridized carbons (Fsp3) is 0.400. The number of H-pyrrole nitrogens is 1. The van der Waals surface area contributed by atoms with E-state index in [1.807, 2.05) is 48.5 Å². The minimum Gasteiger partial charge on any atom is -0.467 e. The van der Waals surface area contributed by atoms with Gasteiger partial charge in [0.1, 0.15) is 30.8 Å². The summed E-state index contributed by atoms with van der Waals surface area (Å²) in [6.45, 7) is 0.478. The van der Waals surface area contributed by atoms with Crippen molar-refractivity contribution in [1.82, 2.24) is 30.8 Å². The maximum absolute atomic E-state index is 14.0. The van der Waals surface area contributed by atoms with E-state index in [-0.39, 0.29) is 44.9 Å². The smallest absolute Gasteiger partial charge is 0.408 e. The average molecular weight is 704 g/mol. The van der Waals surface area contributed by atoms with E-state index in [9.17, 15) is 24.0 Å². The molecule has 0 unspecified atom stereocenters. The third-order valence-corrected chi connectivity index (χ3v) is 8.28. The van der Waals surface area contributed by atoms with Gasteiger partial charge in [-0.25, -0.2) is 14.6 Å². The summed E-state index contributed by atoms with van der Waals surface area (Å²) < 4.78 is 10.3. The topological polar surface area (TPSA) is 236 Å². The van der Waals surface area contributed by atoms with E-state index in [1.165, 1.54) is 24.5 Å². The number of imidazole rings is 1. The first kappa shape index (κ1) is 37.9. The summed E-state index contributed by atoms with van der Waals surface area (Å²) in [5, 5.41) is 8.18. The van der Waals surface area contributed by atoms with Crippen molar-refractivity contribution in [1.29, 1.82) is 0 Å². The Morgan fingerprint density at radius 1 is 0.941 bits per heavy atom. The van der Waals surface area contributed by atoms with Crippen LogP contribution < -0.4 is 27.4 Å². The highest BCUT2D eigenvalue weighted by Crippen LogP contribution is 2.21. The molecular formula is C35H45N9O7. The monoisotopic (exact) mass is 703 g/mol. The maximum Gasteiger partial charge on any atom is 0.408 e. The molecule has 1 fully saturated rings. The van der Waals surface area contributed by atoms with Crippen LogP contribution in [0, 0.1) is 0 Å². The van der Waals surface area contributed by atoms with Crippen molar-refractivity contribution >= 4 is 35.7 Å². The van der Waals surface area contributed by atoms with E-state index >= 15 is 0 Å². The van der Waals surface area contributed by atoms with Gasteiger partial charge in [0.25, 0.3) is 0 Å². The largest absolute Gasteiger partial charge is 0.467 e. The van der Waals surface area contributed by atoms with Crippen molar-refractivity contribution in [2.45, 2.75) is 69.3 Å². The molecule has 4 rings (SSSR count). The number of methoxy groups -OCH3 is 1. The summed E-state index contributed by atoms with van der Waals surface area (Å²) >= 11 is 0. The fourth-order valence-corrected chi connectivity index (χ4v) is 5.72. The molecular weight excluding hydrogens is 658 g/mol. The quantitative estimate of drug-likeness (QED) is 0.0498. The van der Waals surface area contributed by atoms with Gasteiger partial charge in [0, 0.05) is 37.8 Å². The van der Waals surface area contributed by atoms with Crippen LogP contribution >= 0.6 is 0 Å². The number of nitrogens with zero attached hydrogens (tertiary/aromatic N) is 3. The van der Waals surface area contributed by atoms with Crippen LogP contribution in [-0.2, 0) is 48.1 Å². The lowest BCUT2D eigenvalue weighted by atomic mass is 10.0. The number of aliphatic imine (C=N–C) groups is 1. The highest BCUT2D eigenvalue weighted by atomic mass is 16.5. The average Bonchev–Trinajstić information content (AvgIpc) is 3.84. The minimum absolute atomic E-state index is 0.0000781. The van der Waals surface area contributed by atoms with Crippen LogP contribution in [0.2, 0.25) is 0 Å². The second-order valence-electron chi connectivity index (χ2n) is 12.0. The molecule has 0 bridgehead atoms. The van der Waals surface area contributed by atoms with Crippen molar-refractivity contribution in [2.75, 3.05) is 20.2 Å². The van der Waals surface area contributed by atoms with Gasteiger partial charge in [0.15, 0.2) is 5.96 Å². The summed E-state index contributed by atoms with van der Waals surface area (Å²) in [5.41, 5.74) is 13.0. The normalized spacial score (nSPS) is 15.5. The lowest BCUT2D eigenvalue weighted by Crippen LogP contribution is -2.58. The van der Waals surface area contributed by atoms with Gasteiger partial charge in [-0.2, -0.15) is 0 Å². The summed E-state index contributed by atoms with van der Waals surface area (Å²) in [5.74, 6) is -2.42. The molecule has 16 heteroatoms. The third kappa shape index (κ3) is 11.9. The number of esters is 1. The van der Waals surface area contributed by atoms with Gasteiger partial charge in [-0.3, -0.25) is 19.4 Å². The van der Waals surface area contributed by atoms with E-state index in [1.54, 1.807) is 12.1 Å². The van der Waals surface area contributed by atoms with Crippen LogP contribution in [0.1, 0.15) is 42.5 Å². The molecule has 8 N–H and O–H groups in total. The Bertz CT molecular complexity index is 1620. The van der Waals surface area contributed by atoms with E-state index in [2.05, 4.69) is 30.9 Å². The van der Waals surface area contributed by atoms with Crippen molar-refractivity contribution in [3.8, 4) is 0 Å². The SMILES string of the molecule is COC(=O)[C@H](Cc1cnc[nH]1)NC(=O)[C@H](Cc1ccccc1)NC(=O)[C@@H]1CCCN1C(=O)[C@H](CCCN=C(N)N)NC(=O)OCc1ccccc1. The van der Waals surface area contributed by atoms with E-state index < -0.39 is 54.0 Å². The van der Waals surface area contributed by atoms with Crippen LogP contribution in [0.5, 0.6) is 0 Å². The molecule has 4 amide bonds. The molecule has 0 aliphatic carbocycles. The number of alkyl carbamates (subject to hydrolysis) is 1. The van der Waals surface area contributed by atoms with Crippen LogP contribution in [-0.4, -0.2) is 95.0 Å². The number of nitrogens with one attached hydrogen (secondary N) is 4. The zero-order chi connectivity index (χ0) is 36.6. The van der Waals surface area contributed by atoms with Crippen molar-refractivity contribution in [2.24, 2.45) is 16.5 Å². The Balaban J connectivity index is 1.48. The first-order chi connectivity index (χ1) is 24.6. The Morgan fingerprint density at radius 2 is 1.65 bits per heavy atom. The van der Waals surface area contributed by atoms with Gasteiger partial charge in [-0.1, -0.05) is 60.7 Å². The molecule has 2 aromatic carbocycles. The number of nitrogens with two attached hydrogens (primary N) is 2. The van der Waals surface area contributed by atoms with E-state index in [4.69, 9.17) is 20.9 Å². The molecule has 0 spiro atoms. The molecule has 0 saturated carbocycles. The number of hydrogen-bond donors (Lipinski definition) is 6. The summed E-state index contributed by atoms with van der Waals surface area (Å²) in [6, 6.07) is 14.0. The number of carbonyl (C=O) groups excluding carboxylic acids is 5. The highest BCUT2D eigenvalue weighted by molar-refractivity contribution is 5.95. The molecule has 2 heterocycles. The molecule has 3 aromatic rings. The number of carbonyl (C=O) groups is 5. The maximum atomic E-state index is 14.0. The zero-order valence-electron chi connectivity index (χ0n) is 28.5. The lowest BCUT2D eigenvalue weighted by Gasteiger charge is -2.30. The predicted molar refractivity (Wildman–Crippen MR) is 187 cm³/mol. The number of amides is 4. The van der Waals surface area contributed by atoms with Crippen molar-refractivity contribution in [3.63, 3.8) is 0 Å². The molecule has 1 saturated heterocycles. The second-order valence-corrected chi connectivity index (χ2v) is 12.0. The van der Waals surface area contributed by atoms with Gasteiger partial charge in [-0.15, -0.1) is 0 Å². The first-order valence-corrected chi connectivity index (χ1v) is 16.7. The van der Waals surface area contributed by atoms with E-state index in [0.29, 0.717) is 25.0 Å². The van der Waals surface area contributed by atoms with Crippen molar-refractivity contribution < 1.29 is 33.4 Å². The number of benzene rings is 2. The van der Waals surface area contributed by atoms with Crippen LogP contribution in [0.3, 0.4) is 0 Å². The number of ether oxygens (including phenoxy) is 2. The summed E-state index contributed by atoms with van der Waals surface area (Å²) in [6.07, 6.45) is 3.77. The molecule has 272 valence electrons. The summed E-state index contributed by atoms with van der Waals surface area (Å²) in [7, 11) is 1.22. The summed E-state index contributed by atoms with van der Waals surface area (Å²) in [4.78, 5) is 79.3. The number of likely N-dealkylation sites (tertiary alicyclic amines) is 1. The third-order valence-electron chi connectivity index (χ3n) is 8.28. The molecule has 1 aromatic heterocycles. The standard InChI is InChI=1S/C35H45N9O7/c1-50-33(48)28(19-25-20-38-22-40-25)42-30(45)27(18-23-10-4-2-5-11-23)41-31(46)29-15-9-17-44(29)32(47)26(14-8-16-39-34(36)37)43-35(49)51-21-24-12-6-3-7-13-24/h2-7,10-13,20,22,26-29H,8-9,14-19,21H2,1H3,(H,38,40)(H,41,46)(H,42,45)(H,43,49)(H4,36,37,39)/t26-,27-,28-,29-/m0/s1. The van der Waals surface area contributed by atoms with Gasteiger partial charge in [-0.05, 0) is 36.8 Å². The Kier molecular flexibility index (Phi) is 14.3. The zero-order valence-corrected chi connectivity index (χ0v) is 28.5. The molecule has 4 atom stereocenters. The van der Waals surface area contributed by atoms with Crippen molar-refractivity contribution in [3.05, 3.63) is 90.0 Å².